The normalized spacial score (nSPS) is 23.3. The predicted octanol–water partition coefficient (Wildman–Crippen LogP) is 2.41. The summed E-state index contributed by atoms with van der Waals surface area (Å²) in [6.45, 7) is 12.5. The number of amides is 1. The summed E-state index contributed by atoms with van der Waals surface area (Å²) in [6, 6.07) is 1.95. The predicted molar refractivity (Wildman–Crippen MR) is 95.7 cm³/mol. The third-order valence-corrected chi connectivity index (χ3v) is 5.57. The summed E-state index contributed by atoms with van der Waals surface area (Å²) in [5.74, 6) is 2.48. The minimum atomic E-state index is 0.220. The molecule has 1 aromatic heterocycles. The number of carbonyl (C=O) groups excluding carboxylic acids is 1. The highest BCUT2D eigenvalue weighted by Crippen LogP contribution is 2.32. The Balaban J connectivity index is 1.45. The third kappa shape index (κ3) is 4.38. The monoisotopic (exact) mass is 332 g/mol. The fourth-order valence-corrected chi connectivity index (χ4v) is 4.31. The summed E-state index contributed by atoms with van der Waals surface area (Å²) in [4.78, 5) is 17.2. The second-order valence-electron chi connectivity index (χ2n) is 8.08. The van der Waals surface area contributed by atoms with E-state index in [1.54, 1.807) is 4.68 Å². The van der Waals surface area contributed by atoms with Crippen LogP contribution < -0.4 is 0 Å². The Morgan fingerprint density at radius 2 is 1.92 bits per heavy atom. The van der Waals surface area contributed by atoms with Gasteiger partial charge < -0.3 is 9.80 Å². The maximum Gasteiger partial charge on any atom is 0.244 e. The molecule has 24 heavy (non-hydrogen) atoms. The number of nitrogens with zero attached hydrogens (tertiary/aromatic N) is 4. The quantitative estimate of drug-likeness (QED) is 0.831. The molecule has 0 N–H and O–H groups in total. The average molecular weight is 332 g/mol. The molecule has 1 aromatic rings. The third-order valence-electron chi connectivity index (χ3n) is 5.57. The van der Waals surface area contributed by atoms with Crippen molar-refractivity contribution in [1.82, 2.24) is 19.6 Å². The van der Waals surface area contributed by atoms with Gasteiger partial charge in [-0.15, -0.1) is 0 Å². The van der Waals surface area contributed by atoms with E-state index in [-0.39, 0.29) is 5.91 Å². The van der Waals surface area contributed by atoms with E-state index in [1.807, 2.05) is 19.2 Å². The molecule has 2 aliphatic heterocycles. The molecule has 1 amide bonds. The number of likely N-dealkylation sites (tertiary alicyclic amines) is 2. The van der Waals surface area contributed by atoms with Gasteiger partial charge in [0.05, 0.1) is 5.69 Å². The molecule has 2 saturated heterocycles. The first-order chi connectivity index (χ1) is 11.5. The lowest BCUT2D eigenvalue weighted by atomic mass is 9.83. The van der Waals surface area contributed by atoms with Crippen LogP contribution in [0.1, 0.15) is 38.8 Å². The summed E-state index contributed by atoms with van der Waals surface area (Å²) in [6.07, 6.45) is 5.68. The summed E-state index contributed by atoms with van der Waals surface area (Å²) in [5.41, 5.74) is 0.968. The Morgan fingerprint density at radius 1 is 1.21 bits per heavy atom. The zero-order valence-corrected chi connectivity index (χ0v) is 15.4. The van der Waals surface area contributed by atoms with Crippen LogP contribution in [-0.4, -0.2) is 58.2 Å². The highest BCUT2D eigenvalue weighted by molar-refractivity contribution is 5.76. The van der Waals surface area contributed by atoms with Crippen molar-refractivity contribution in [3.05, 3.63) is 18.0 Å². The number of aromatic nitrogens is 2. The van der Waals surface area contributed by atoms with Gasteiger partial charge in [0.15, 0.2) is 0 Å². The number of hydrogen-bond donors (Lipinski definition) is 0. The number of rotatable bonds is 5. The molecule has 2 aliphatic rings. The second kappa shape index (κ2) is 7.68. The van der Waals surface area contributed by atoms with Crippen molar-refractivity contribution in [2.45, 2.75) is 46.6 Å². The Hall–Kier alpha value is -1.36. The summed E-state index contributed by atoms with van der Waals surface area (Å²) in [5, 5.41) is 4.33. The first kappa shape index (κ1) is 17.5. The largest absolute Gasteiger partial charge is 0.341 e. The Morgan fingerprint density at radius 3 is 2.54 bits per heavy atom. The SMILES string of the molecule is Cc1ccn(CC(=O)N2CC[C@H](C3CCN(CC(C)C)CC3)C2)n1. The molecule has 3 heterocycles. The smallest absolute Gasteiger partial charge is 0.244 e. The van der Waals surface area contributed by atoms with E-state index in [4.69, 9.17) is 0 Å². The molecular formula is C19H32N4O. The van der Waals surface area contributed by atoms with Crippen molar-refractivity contribution in [1.29, 1.82) is 0 Å². The lowest BCUT2D eigenvalue weighted by Crippen LogP contribution is -2.39. The maximum absolute atomic E-state index is 12.5. The lowest BCUT2D eigenvalue weighted by Gasteiger charge is -2.35. The van der Waals surface area contributed by atoms with Crippen molar-refractivity contribution in [2.24, 2.45) is 17.8 Å². The van der Waals surface area contributed by atoms with Crippen LogP contribution in [-0.2, 0) is 11.3 Å². The van der Waals surface area contributed by atoms with Crippen LogP contribution >= 0.6 is 0 Å². The topological polar surface area (TPSA) is 41.4 Å². The molecule has 0 aliphatic carbocycles. The molecule has 3 rings (SSSR count). The van der Waals surface area contributed by atoms with Crippen LogP contribution in [0.5, 0.6) is 0 Å². The highest BCUT2D eigenvalue weighted by Gasteiger charge is 2.33. The first-order valence-corrected chi connectivity index (χ1v) is 9.51. The Labute approximate surface area is 146 Å². The van der Waals surface area contributed by atoms with Gasteiger partial charge in [-0.2, -0.15) is 5.10 Å². The van der Waals surface area contributed by atoms with Crippen LogP contribution in [0.2, 0.25) is 0 Å². The lowest BCUT2D eigenvalue weighted by molar-refractivity contribution is -0.131. The Bertz CT molecular complexity index is 545. The van der Waals surface area contributed by atoms with E-state index in [9.17, 15) is 4.79 Å². The highest BCUT2D eigenvalue weighted by atomic mass is 16.2. The van der Waals surface area contributed by atoms with Gasteiger partial charge >= 0.3 is 0 Å². The zero-order valence-electron chi connectivity index (χ0n) is 15.4. The van der Waals surface area contributed by atoms with Crippen molar-refractivity contribution < 1.29 is 4.79 Å². The first-order valence-electron chi connectivity index (χ1n) is 9.51. The molecule has 0 saturated carbocycles. The standard InChI is InChI=1S/C19H32N4O/c1-15(2)12-21-8-5-17(6-9-21)18-7-10-22(13-18)19(24)14-23-11-4-16(3)20-23/h4,11,15,17-18H,5-10,12-14H2,1-3H3/t18-/m0/s1. The van der Waals surface area contributed by atoms with E-state index < -0.39 is 0 Å². The van der Waals surface area contributed by atoms with Crippen LogP contribution in [0.3, 0.4) is 0 Å². The molecular weight excluding hydrogens is 300 g/mol. The van der Waals surface area contributed by atoms with E-state index in [2.05, 4.69) is 28.7 Å². The Kier molecular flexibility index (Phi) is 5.59. The molecule has 5 heteroatoms. The summed E-state index contributed by atoms with van der Waals surface area (Å²) < 4.78 is 1.76. The minimum absolute atomic E-state index is 0.220. The molecule has 1 atom stereocenters. The van der Waals surface area contributed by atoms with E-state index in [0.29, 0.717) is 12.5 Å². The maximum atomic E-state index is 12.5. The molecule has 0 aromatic carbocycles. The van der Waals surface area contributed by atoms with Crippen molar-refractivity contribution >= 4 is 5.91 Å². The minimum Gasteiger partial charge on any atom is -0.341 e. The fraction of sp³-hybridized carbons (Fsp3) is 0.789. The van der Waals surface area contributed by atoms with Gasteiger partial charge in [-0.3, -0.25) is 9.48 Å². The molecule has 0 radical (unpaired) electrons. The molecule has 134 valence electrons. The van der Waals surface area contributed by atoms with Crippen molar-refractivity contribution in [3.8, 4) is 0 Å². The van der Waals surface area contributed by atoms with Gasteiger partial charge in [0.2, 0.25) is 5.91 Å². The van der Waals surface area contributed by atoms with Gasteiger partial charge in [-0.05, 0) is 63.1 Å². The summed E-state index contributed by atoms with van der Waals surface area (Å²) >= 11 is 0. The van der Waals surface area contributed by atoms with E-state index in [1.165, 1.54) is 38.9 Å². The van der Waals surface area contributed by atoms with Gasteiger partial charge in [0.1, 0.15) is 6.54 Å². The van der Waals surface area contributed by atoms with Crippen LogP contribution in [0, 0.1) is 24.7 Å². The fourth-order valence-electron chi connectivity index (χ4n) is 4.31. The van der Waals surface area contributed by atoms with Crippen LogP contribution in [0.15, 0.2) is 12.3 Å². The number of hydrogen-bond acceptors (Lipinski definition) is 3. The number of carbonyl (C=O) groups is 1. The second-order valence-corrected chi connectivity index (χ2v) is 8.08. The molecule has 0 spiro atoms. The molecule has 0 unspecified atom stereocenters. The van der Waals surface area contributed by atoms with Gasteiger partial charge in [-0.25, -0.2) is 0 Å². The average Bonchev–Trinajstić information content (AvgIpc) is 3.17. The van der Waals surface area contributed by atoms with Gasteiger partial charge in [-0.1, -0.05) is 13.8 Å². The molecule has 0 bridgehead atoms. The van der Waals surface area contributed by atoms with Gasteiger partial charge in [0, 0.05) is 25.8 Å². The van der Waals surface area contributed by atoms with E-state index >= 15 is 0 Å². The zero-order chi connectivity index (χ0) is 17.1. The van der Waals surface area contributed by atoms with Crippen LogP contribution in [0.25, 0.3) is 0 Å². The summed E-state index contributed by atoms with van der Waals surface area (Å²) in [7, 11) is 0. The van der Waals surface area contributed by atoms with Crippen molar-refractivity contribution in [2.75, 3.05) is 32.7 Å². The number of piperidine rings is 1. The number of aryl methyl sites for hydroxylation is 1. The van der Waals surface area contributed by atoms with Gasteiger partial charge in [0.25, 0.3) is 0 Å². The van der Waals surface area contributed by atoms with Crippen LogP contribution in [0.4, 0.5) is 0 Å². The molecule has 2 fully saturated rings. The van der Waals surface area contributed by atoms with Crippen molar-refractivity contribution in [3.63, 3.8) is 0 Å². The van der Waals surface area contributed by atoms with E-state index in [0.717, 1.165) is 30.6 Å². The molecule has 5 nitrogen and oxygen atoms in total.